The normalized spacial score (nSPS) is 13.0. The molecule has 1 aromatic carbocycles. The second kappa shape index (κ2) is 9.68. The molecule has 0 bridgehead atoms. The fourth-order valence-electron chi connectivity index (χ4n) is 2.94. The van der Waals surface area contributed by atoms with E-state index in [0.717, 1.165) is 42.5 Å². The lowest BCUT2D eigenvalue weighted by molar-refractivity contribution is 0.140. The van der Waals surface area contributed by atoms with E-state index in [2.05, 4.69) is 28.9 Å². The first kappa shape index (κ1) is 18.0. The van der Waals surface area contributed by atoms with E-state index in [-0.39, 0.29) is 0 Å². The SMILES string of the molecule is CCCCCN(CCCC)CCC(O)c1ccc2[nH]ncc2c1. The maximum Gasteiger partial charge on any atom is 0.0802 e. The third-order valence-corrected chi connectivity index (χ3v) is 4.47. The lowest BCUT2D eigenvalue weighted by Gasteiger charge is -2.23. The summed E-state index contributed by atoms with van der Waals surface area (Å²) in [6, 6.07) is 6.03. The highest BCUT2D eigenvalue weighted by Crippen LogP contribution is 2.21. The van der Waals surface area contributed by atoms with Crippen molar-refractivity contribution in [3.8, 4) is 0 Å². The van der Waals surface area contributed by atoms with Crippen molar-refractivity contribution >= 4 is 10.9 Å². The number of aromatic amines is 1. The Morgan fingerprint density at radius 2 is 1.87 bits per heavy atom. The van der Waals surface area contributed by atoms with Gasteiger partial charge in [0.1, 0.15) is 0 Å². The molecule has 0 spiro atoms. The number of hydrogen-bond acceptors (Lipinski definition) is 3. The highest BCUT2D eigenvalue weighted by Gasteiger charge is 2.12. The molecule has 1 heterocycles. The average molecular weight is 317 g/mol. The van der Waals surface area contributed by atoms with Crippen LogP contribution in [0.15, 0.2) is 24.4 Å². The first-order chi connectivity index (χ1) is 11.2. The number of fused-ring (bicyclic) bond motifs is 1. The number of unbranched alkanes of at least 4 members (excludes halogenated alkanes) is 3. The van der Waals surface area contributed by atoms with Crippen molar-refractivity contribution in [3.63, 3.8) is 0 Å². The summed E-state index contributed by atoms with van der Waals surface area (Å²) in [5, 5.41) is 18.6. The Kier molecular flexibility index (Phi) is 7.56. The van der Waals surface area contributed by atoms with Gasteiger partial charge in [0, 0.05) is 11.9 Å². The van der Waals surface area contributed by atoms with Gasteiger partial charge in [-0.3, -0.25) is 5.10 Å². The molecule has 0 saturated heterocycles. The Morgan fingerprint density at radius 3 is 2.65 bits per heavy atom. The molecule has 2 N–H and O–H groups in total. The van der Waals surface area contributed by atoms with E-state index in [9.17, 15) is 5.11 Å². The third kappa shape index (κ3) is 5.63. The van der Waals surface area contributed by atoms with Crippen LogP contribution in [0.1, 0.15) is 64.0 Å². The van der Waals surface area contributed by atoms with Crippen molar-refractivity contribution in [3.05, 3.63) is 30.0 Å². The van der Waals surface area contributed by atoms with E-state index in [1.54, 1.807) is 0 Å². The molecule has 0 radical (unpaired) electrons. The number of hydrogen-bond donors (Lipinski definition) is 2. The van der Waals surface area contributed by atoms with Crippen molar-refractivity contribution in [2.45, 2.75) is 58.5 Å². The topological polar surface area (TPSA) is 52.1 Å². The number of aromatic nitrogens is 2. The molecule has 0 aliphatic carbocycles. The van der Waals surface area contributed by atoms with Crippen LogP contribution in [0.5, 0.6) is 0 Å². The minimum Gasteiger partial charge on any atom is -0.388 e. The predicted octanol–water partition coefficient (Wildman–Crippen LogP) is 4.28. The zero-order valence-corrected chi connectivity index (χ0v) is 14.6. The van der Waals surface area contributed by atoms with Crippen LogP contribution in [0.4, 0.5) is 0 Å². The zero-order valence-electron chi connectivity index (χ0n) is 14.6. The molecule has 128 valence electrons. The Balaban J connectivity index is 1.86. The summed E-state index contributed by atoms with van der Waals surface area (Å²) in [5.74, 6) is 0. The quantitative estimate of drug-likeness (QED) is 0.608. The molecule has 1 unspecified atom stereocenters. The molecular weight excluding hydrogens is 286 g/mol. The average Bonchev–Trinajstić information content (AvgIpc) is 3.04. The molecular formula is C19H31N3O. The number of aliphatic hydroxyl groups is 1. The summed E-state index contributed by atoms with van der Waals surface area (Å²) in [4.78, 5) is 2.51. The predicted molar refractivity (Wildman–Crippen MR) is 96.5 cm³/mol. The molecule has 0 saturated carbocycles. The Bertz CT molecular complexity index is 566. The van der Waals surface area contributed by atoms with Crippen molar-refractivity contribution in [1.82, 2.24) is 15.1 Å². The summed E-state index contributed by atoms with van der Waals surface area (Å²) in [7, 11) is 0. The Morgan fingerprint density at radius 1 is 1.09 bits per heavy atom. The van der Waals surface area contributed by atoms with Crippen LogP contribution in [0.2, 0.25) is 0 Å². The third-order valence-electron chi connectivity index (χ3n) is 4.47. The number of aliphatic hydroxyl groups excluding tert-OH is 1. The largest absolute Gasteiger partial charge is 0.388 e. The summed E-state index contributed by atoms with van der Waals surface area (Å²) >= 11 is 0. The maximum atomic E-state index is 10.5. The zero-order chi connectivity index (χ0) is 16.5. The van der Waals surface area contributed by atoms with Crippen molar-refractivity contribution in [1.29, 1.82) is 0 Å². The van der Waals surface area contributed by atoms with Crippen LogP contribution in [0.25, 0.3) is 10.9 Å². The number of rotatable bonds is 11. The van der Waals surface area contributed by atoms with Gasteiger partial charge in [0.05, 0.1) is 17.8 Å². The monoisotopic (exact) mass is 317 g/mol. The van der Waals surface area contributed by atoms with E-state index in [0.29, 0.717) is 0 Å². The molecule has 1 aromatic heterocycles. The summed E-state index contributed by atoms with van der Waals surface area (Å²) in [6.45, 7) is 7.74. The second-order valence-electron chi connectivity index (χ2n) is 6.42. The second-order valence-corrected chi connectivity index (χ2v) is 6.42. The molecule has 23 heavy (non-hydrogen) atoms. The highest BCUT2D eigenvalue weighted by atomic mass is 16.3. The first-order valence-corrected chi connectivity index (χ1v) is 9.08. The molecule has 4 nitrogen and oxygen atoms in total. The number of benzene rings is 1. The van der Waals surface area contributed by atoms with Gasteiger partial charge in [-0.2, -0.15) is 5.10 Å². The van der Waals surface area contributed by atoms with E-state index < -0.39 is 6.10 Å². The van der Waals surface area contributed by atoms with Crippen LogP contribution in [0, 0.1) is 0 Å². The summed E-state index contributed by atoms with van der Waals surface area (Å²) in [6.07, 6.45) is 8.48. The van der Waals surface area contributed by atoms with Gasteiger partial charge in [-0.05, 0) is 50.0 Å². The van der Waals surface area contributed by atoms with Gasteiger partial charge < -0.3 is 10.0 Å². The molecule has 0 fully saturated rings. The van der Waals surface area contributed by atoms with Gasteiger partial charge >= 0.3 is 0 Å². The van der Waals surface area contributed by atoms with Crippen LogP contribution < -0.4 is 0 Å². The number of nitrogens with zero attached hydrogens (tertiary/aromatic N) is 2. The highest BCUT2D eigenvalue weighted by molar-refractivity contribution is 5.78. The van der Waals surface area contributed by atoms with Gasteiger partial charge in [-0.15, -0.1) is 0 Å². The van der Waals surface area contributed by atoms with Gasteiger partial charge in [0.2, 0.25) is 0 Å². The van der Waals surface area contributed by atoms with Gasteiger partial charge in [-0.25, -0.2) is 0 Å². The van der Waals surface area contributed by atoms with E-state index in [1.807, 2.05) is 24.4 Å². The van der Waals surface area contributed by atoms with E-state index in [4.69, 9.17) is 0 Å². The minimum absolute atomic E-state index is 0.399. The summed E-state index contributed by atoms with van der Waals surface area (Å²) < 4.78 is 0. The molecule has 0 aliphatic rings. The smallest absolute Gasteiger partial charge is 0.0802 e. The molecule has 1 atom stereocenters. The lowest BCUT2D eigenvalue weighted by Crippen LogP contribution is -2.28. The summed E-state index contributed by atoms with van der Waals surface area (Å²) in [5.41, 5.74) is 2.01. The number of H-pyrrole nitrogens is 1. The fraction of sp³-hybridized carbons (Fsp3) is 0.632. The van der Waals surface area contributed by atoms with Crippen LogP contribution >= 0.6 is 0 Å². The molecule has 2 rings (SSSR count). The van der Waals surface area contributed by atoms with Crippen molar-refractivity contribution in [2.75, 3.05) is 19.6 Å². The van der Waals surface area contributed by atoms with Crippen LogP contribution in [-0.4, -0.2) is 39.8 Å². The van der Waals surface area contributed by atoms with E-state index in [1.165, 1.54) is 32.1 Å². The van der Waals surface area contributed by atoms with Gasteiger partial charge in [-0.1, -0.05) is 39.2 Å². The Labute approximate surface area is 139 Å². The van der Waals surface area contributed by atoms with E-state index >= 15 is 0 Å². The molecule has 2 aromatic rings. The fourth-order valence-corrected chi connectivity index (χ4v) is 2.94. The van der Waals surface area contributed by atoms with Gasteiger partial charge in [0.15, 0.2) is 0 Å². The van der Waals surface area contributed by atoms with Crippen LogP contribution in [0.3, 0.4) is 0 Å². The van der Waals surface area contributed by atoms with Crippen molar-refractivity contribution < 1.29 is 5.11 Å². The Hall–Kier alpha value is -1.39. The van der Waals surface area contributed by atoms with Gasteiger partial charge in [0.25, 0.3) is 0 Å². The molecule has 4 heteroatoms. The minimum atomic E-state index is -0.399. The van der Waals surface area contributed by atoms with Crippen LogP contribution in [-0.2, 0) is 0 Å². The number of nitrogens with one attached hydrogen (secondary N) is 1. The first-order valence-electron chi connectivity index (χ1n) is 9.08. The molecule has 0 amide bonds. The maximum absolute atomic E-state index is 10.5. The molecule has 0 aliphatic heterocycles. The van der Waals surface area contributed by atoms with Crippen molar-refractivity contribution in [2.24, 2.45) is 0 Å². The lowest BCUT2D eigenvalue weighted by atomic mass is 10.0. The standard InChI is InChI=1S/C19H31N3O/c1-3-5-7-12-22(11-6-4-2)13-10-19(23)16-8-9-18-17(14-16)15-20-21-18/h8-9,14-15,19,23H,3-7,10-13H2,1-2H3,(H,20,21).